The zero-order valence-corrected chi connectivity index (χ0v) is 8.19. The van der Waals surface area contributed by atoms with Crippen molar-refractivity contribution >= 4 is 12.3 Å². The lowest BCUT2D eigenvalue weighted by atomic mass is 10.4. The third-order valence-electron chi connectivity index (χ3n) is 1.64. The Labute approximate surface area is 89.4 Å². The average molecular weight is 240 g/mol. The highest BCUT2D eigenvalue weighted by atomic mass is 19.1. The molecule has 92 valence electrons. The molecule has 2 fully saturated rings. The number of ether oxygens (including phenoxy) is 4. The van der Waals surface area contributed by atoms with E-state index in [-0.39, 0.29) is 13.2 Å². The number of halogens is 2. The molecular formula is C8H10F2O6. The normalized spacial score (nSPS) is 27.1. The summed E-state index contributed by atoms with van der Waals surface area (Å²) in [4.78, 5) is 20.0. The Morgan fingerprint density at radius 2 is 1.31 bits per heavy atom. The van der Waals surface area contributed by atoms with Crippen molar-refractivity contribution in [2.24, 2.45) is 0 Å². The maximum absolute atomic E-state index is 11.5. The fourth-order valence-electron chi connectivity index (χ4n) is 0.882. The molecular weight excluding hydrogens is 230 g/mol. The number of alkyl halides is 2. The van der Waals surface area contributed by atoms with E-state index >= 15 is 0 Å². The van der Waals surface area contributed by atoms with Crippen LogP contribution in [0.2, 0.25) is 0 Å². The van der Waals surface area contributed by atoms with E-state index in [4.69, 9.17) is 0 Å². The number of cyclic esters (lactones) is 4. The fraction of sp³-hybridized carbons (Fsp3) is 0.750. The first-order valence-corrected chi connectivity index (χ1v) is 4.44. The molecule has 6 nitrogen and oxygen atoms in total. The van der Waals surface area contributed by atoms with Gasteiger partial charge in [-0.15, -0.1) is 0 Å². The van der Waals surface area contributed by atoms with Gasteiger partial charge in [0.05, 0.1) is 0 Å². The van der Waals surface area contributed by atoms with Crippen molar-refractivity contribution in [2.45, 2.75) is 12.2 Å². The summed E-state index contributed by atoms with van der Waals surface area (Å²) >= 11 is 0. The minimum atomic E-state index is -0.771. The van der Waals surface area contributed by atoms with Crippen molar-refractivity contribution in [3.8, 4) is 0 Å². The summed E-state index contributed by atoms with van der Waals surface area (Å²) in [6, 6.07) is 0. The Kier molecular flexibility index (Phi) is 4.74. The van der Waals surface area contributed by atoms with Crippen LogP contribution in [0.3, 0.4) is 0 Å². The van der Waals surface area contributed by atoms with Gasteiger partial charge in [0.2, 0.25) is 0 Å². The minimum absolute atomic E-state index is 0.0509. The molecule has 2 rings (SSSR count). The van der Waals surface area contributed by atoms with Gasteiger partial charge in [0.1, 0.15) is 26.6 Å². The predicted octanol–water partition coefficient (Wildman–Crippen LogP) is 0.983. The van der Waals surface area contributed by atoms with Gasteiger partial charge in [-0.25, -0.2) is 18.4 Å². The van der Waals surface area contributed by atoms with Gasteiger partial charge in [0, 0.05) is 0 Å². The van der Waals surface area contributed by atoms with E-state index in [9.17, 15) is 18.4 Å². The van der Waals surface area contributed by atoms with Crippen molar-refractivity contribution in [1.82, 2.24) is 0 Å². The molecule has 0 saturated carbocycles. The zero-order valence-electron chi connectivity index (χ0n) is 8.19. The van der Waals surface area contributed by atoms with Gasteiger partial charge in [-0.05, 0) is 0 Å². The molecule has 0 aromatic heterocycles. The van der Waals surface area contributed by atoms with Crippen LogP contribution in [0.5, 0.6) is 0 Å². The summed E-state index contributed by atoms with van der Waals surface area (Å²) in [6.07, 6.45) is -2.87. The highest BCUT2D eigenvalue weighted by molar-refractivity contribution is 5.62. The van der Waals surface area contributed by atoms with Crippen molar-refractivity contribution in [3.05, 3.63) is 0 Å². The fourth-order valence-corrected chi connectivity index (χ4v) is 0.882. The average Bonchev–Trinajstić information content (AvgIpc) is 2.88. The molecule has 0 amide bonds. The van der Waals surface area contributed by atoms with Crippen LogP contribution in [0.25, 0.3) is 0 Å². The van der Waals surface area contributed by atoms with Crippen LogP contribution in [0.4, 0.5) is 18.4 Å². The first kappa shape index (κ1) is 12.5. The number of hydrogen-bond acceptors (Lipinski definition) is 6. The van der Waals surface area contributed by atoms with E-state index in [0.29, 0.717) is 0 Å². The Bertz CT molecular complexity index is 233. The van der Waals surface area contributed by atoms with E-state index in [1.807, 2.05) is 0 Å². The molecule has 0 radical (unpaired) electrons. The third kappa shape index (κ3) is 3.87. The SMILES string of the molecule is O=C1OCC(CF)O1.O=C1OCC(CF)O1. The van der Waals surface area contributed by atoms with Gasteiger partial charge in [-0.2, -0.15) is 0 Å². The molecule has 16 heavy (non-hydrogen) atoms. The highest BCUT2D eigenvalue weighted by Crippen LogP contribution is 2.05. The van der Waals surface area contributed by atoms with Crippen molar-refractivity contribution in [1.29, 1.82) is 0 Å². The summed E-state index contributed by atoms with van der Waals surface area (Å²) in [5.74, 6) is 0. The van der Waals surface area contributed by atoms with E-state index < -0.39 is 37.9 Å². The van der Waals surface area contributed by atoms with Gasteiger partial charge in [0.25, 0.3) is 0 Å². The molecule has 2 unspecified atom stereocenters. The topological polar surface area (TPSA) is 71.1 Å². The second-order valence-corrected chi connectivity index (χ2v) is 2.91. The number of carbonyl (C=O) groups is 2. The zero-order chi connectivity index (χ0) is 12.0. The van der Waals surface area contributed by atoms with Crippen LogP contribution < -0.4 is 0 Å². The Hall–Kier alpha value is -1.60. The van der Waals surface area contributed by atoms with Crippen molar-refractivity contribution < 1.29 is 37.3 Å². The molecule has 2 saturated heterocycles. The minimum Gasteiger partial charge on any atom is -0.430 e. The van der Waals surface area contributed by atoms with Crippen molar-refractivity contribution in [2.75, 3.05) is 26.6 Å². The third-order valence-corrected chi connectivity index (χ3v) is 1.64. The van der Waals surface area contributed by atoms with Gasteiger partial charge >= 0.3 is 12.3 Å². The second kappa shape index (κ2) is 6.09. The van der Waals surface area contributed by atoms with Gasteiger partial charge in [0.15, 0.2) is 12.2 Å². The summed E-state index contributed by atoms with van der Waals surface area (Å²) in [5, 5.41) is 0. The number of rotatable bonds is 2. The molecule has 0 bridgehead atoms. The van der Waals surface area contributed by atoms with Gasteiger partial charge < -0.3 is 18.9 Å². The van der Waals surface area contributed by atoms with Crippen LogP contribution in [0.15, 0.2) is 0 Å². The second-order valence-electron chi connectivity index (χ2n) is 2.91. The van der Waals surface area contributed by atoms with E-state index in [2.05, 4.69) is 18.9 Å². The van der Waals surface area contributed by atoms with E-state index in [0.717, 1.165) is 0 Å². The molecule has 2 aliphatic heterocycles. The standard InChI is InChI=1S/2C4H5FO3/c2*5-1-3-2-7-4(6)8-3/h2*3H,1-2H2. The summed E-state index contributed by atoms with van der Waals surface area (Å²) in [7, 11) is 0. The summed E-state index contributed by atoms with van der Waals surface area (Å²) < 4.78 is 40.1. The maximum atomic E-state index is 11.5. The van der Waals surface area contributed by atoms with Gasteiger partial charge in [-0.1, -0.05) is 0 Å². The van der Waals surface area contributed by atoms with Crippen molar-refractivity contribution in [3.63, 3.8) is 0 Å². The summed E-state index contributed by atoms with van der Waals surface area (Å²) in [5.41, 5.74) is 0. The molecule has 0 aliphatic carbocycles. The Balaban J connectivity index is 0.000000160. The summed E-state index contributed by atoms with van der Waals surface area (Å²) in [6.45, 7) is -1.22. The predicted molar refractivity (Wildman–Crippen MR) is 44.4 cm³/mol. The Morgan fingerprint density at radius 1 is 0.938 bits per heavy atom. The molecule has 2 aliphatic rings. The molecule has 0 aromatic rings. The van der Waals surface area contributed by atoms with Crippen LogP contribution in [0, 0.1) is 0 Å². The van der Waals surface area contributed by atoms with Crippen LogP contribution >= 0.6 is 0 Å². The maximum Gasteiger partial charge on any atom is 0.508 e. The molecule has 2 atom stereocenters. The van der Waals surface area contributed by atoms with Crippen LogP contribution in [-0.2, 0) is 18.9 Å². The number of hydrogen-bond donors (Lipinski definition) is 0. The molecule has 0 aromatic carbocycles. The first-order chi connectivity index (χ1) is 7.65. The lowest BCUT2D eigenvalue weighted by molar-refractivity contribution is 0.109. The quantitative estimate of drug-likeness (QED) is 0.670. The first-order valence-electron chi connectivity index (χ1n) is 4.44. The van der Waals surface area contributed by atoms with Crippen LogP contribution in [-0.4, -0.2) is 51.1 Å². The molecule has 0 N–H and O–H groups in total. The van der Waals surface area contributed by atoms with Gasteiger partial charge in [-0.3, -0.25) is 0 Å². The largest absolute Gasteiger partial charge is 0.508 e. The molecule has 2 heterocycles. The molecule has 8 heteroatoms. The monoisotopic (exact) mass is 240 g/mol. The Morgan fingerprint density at radius 3 is 1.44 bits per heavy atom. The lowest BCUT2D eigenvalue weighted by Crippen LogP contribution is -2.11. The van der Waals surface area contributed by atoms with E-state index in [1.165, 1.54) is 0 Å². The van der Waals surface area contributed by atoms with Crippen LogP contribution in [0.1, 0.15) is 0 Å². The lowest BCUT2D eigenvalue weighted by Gasteiger charge is -1.94. The number of carbonyl (C=O) groups excluding carboxylic acids is 2. The smallest absolute Gasteiger partial charge is 0.430 e. The van der Waals surface area contributed by atoms with E-state index in [1.54, 1.807) is 0 Å². The molecule has 0 spiro atoms. The highest BCUT2D eigenvalue weighted by Gasteiger charge is 2.24.